The molecule has 1 heterocycles. The number of rotatable bonds is 6. The predicted molar refractivity (Wildman–Crippen MR) is 123 cm³/mol. The molecule has 2 amide bonds. The molecule has 0 bridgehead atoms. The molecule has 0 fully saturated rings. The van der Waals surface area contributed by atoms with Crippen LogP contribution in [0.5, 0.6) is 0 Å². The Bertz CT molecular complexity index is 1140. The van der Waals surface area contributed by atoms with Crippen LogP contribution in [0.15, 0.2) is 96.4 Å². The minimum absolute atomic E-state index is 0.191. The molecule has 30 heavy (non-hydrogen) atoms. The lowest BCUT2D eigenvalue weighted by molar-refractivity contribution is 0.101. The van der Waals surface area contributed by atoms with E-state index < -0.39 is 0 Å². The van der Waals surface area contributed by atoms with Gasteiger partial charge < -0.3 is 16.0 Å². The third-order valence-electron chi connectivity index (χ3n) is 4.33. The molecule has 0 saturated carbocycles. The second-order valence-corrected chi connectivity index (χ2v) is 7.48. The lowest BCUT2D eigenvalue weighted by Gasteiger charge is -2.10. The van der Waals surface area contributed by atoms with Crippen LogP contribution in [-0.4, -0.2) is 11.8 Å². The highest BCUT2D eigenvalue weighted by Crippen LogP contribution is 2.20. The molecular weight excluding hydrogens is 394 g/mol. The molecular formula is C24H19N3O2S. The van der Waals surface area contributed by atoms with Gasteiger partial charge in [0.1, 0.15) is 0 Å². The van der Waals surface area contributed by atoms with Crippen LogP contribution in [0, 0.1) is 0 Å². The lowest BCUT2D eigenvalue weighted by atomic mass is 10.1. The maximum absolute atomic E-state index is 12.6. The van der Waals surface area contributed by atoms with Crippen molar-refractivity contribution < 1.29 is 9.59 Å². The zero-order chi connectivity index (χ0) is 20.8. The molecule has 4 rings (SSSR count). The SMILES string of the molecule is O=C(Nc1ccc(Nc2ccccc2)cc1)c1cccc(NC(=O)c2cccs2)c1. The summed E-state index contributed by atoms with van der Waals surface area (Å²) in [5.74, 6) is -0.435. The monoisotopic (exact) mass is 413 g/mol. The summed E-state index contributed by atoms with van der Waals surface area (Å²) in [7, 11) is 0. The maximum Gasteiger partial charge on any atom is 0.265 e. The molecule has 5 nitrogen and oxygen atoms in total. The summed E-state index contributed by atoms with van der Waals surface area (Å²) in [5.41, 5.74) is 3.65. The fourth-order valence-corrected chi connectivity index (χ4v) is 3.49. The van der Waals surface area contributed by atoms with Gasteiger partial charge in [0.2, 0.25) is 0 Å². The molecule has 0 aliphatic rings. The molecule has 148 valence electrons. The Hall–Kier alpha value is -3.90. The maximum atomic E-state index is 12.6. The van der Waals surface area contributed by atoms with Crippen molar-refractivity contribution in [2.24, 2.45) is 0 Å². The standard InChI is InChI=1S/C24H19N3O2S/c28-23(17-6-4-9-21(16-17)27-24(29)22-10-5-15-30-22)26-20-13-11-19(12-14-20)25-18-7-2-1-3-8-18/h1-16,25H,(H,26,28)(H,27,29). The van der Waals surface area contributed by atoms with E-state index in [2.05, 4.69) is 16.0 Å². The van der Waals surface area contributed by atoms with E-state index in [1.165, 1.54) is 11.3 Å². The molecule has 0 aliphatic carbocycles. The molecule has 3 N–H and O–H groups in total. The fraction of sp³-hybridized carbons (Fsp3) is 0. The van der Waals surface area contributed by atoms with Crippen molar-refractivity contribution in [2.45, 2.75) is 0 Å². The van der Waals surface area contributed by atoms with Gasteiger partial charge in [0.25, 0.3) is 11.8 Å². The van der Waals surface area contributed by atoms with E-state index in [1.807, 2.05) is 66.0 Å². The van der Waals surface area contributed by atoms with Crippen molar-refractivity contribution in [3.05, 3.63) is 107 Å². The van der Waals surface area contributed by atoms with Crippen molar-refractivity contribution in [2.75, 3.05) is 16.0 Å². The molecule has 6 heteroatoms. The van der Waals surface area contributed by atoms with Crippen molar-refractivity contribution in [1.82, 2.24) is 0 Å². The van der Waals surface area contributed by atoms with Crippen LogP contribution >= 0.6 is 11.3 Å². The Labute approximate surface area is 178 Å². The average Bonchev–Trinajstić information content (AvgIpc) is 3.31. The van der Waals surface area contributed by atoms with Crippen LogP contribution in [0.3, 0.4) is 0 Å². The predicted octanol–water partition coefficient (Wildman–Crippen LogP) is 6.00. The number of anilines is 4. The highest BCUT2D eigenvalue weighted by atomic mass is 32.1. The Morgan fingerprint density at radius 2 is 1.27 bits per heavy atom. The van der Waals surface area contributed by atoms with Gasteiger partial charge in [-0.25, -0.2) is 0 Å². The van der Waals surface area contributed by atoms with Crippen LogP contribution in [0.25, 0.3) is 0 Å². The van der Waals surface area contributed by atoms with Crippen molar-refractivity contribution in [3.8, 4) is 0 Å². The topological polar surface area (TPSA) is 70.2 Å². The Kier molecular flexibility index (Phi) is 5.87. The molecule has 0 saturated heterocycles. The summed E-state index contributed by atoms with van der Waals surface area (Å²) in [6.45, 7) is 0. The summed E-state index contributed by atoms with van der Waals surface area (Å²) in [6.07, 6.45) is 0. The first-order valence-electron chi connectivity index (χ1n) is 9.36. The van der Waals surface area contributed by atoms with Gasteiger partial charge in [0.05, 0.1) is 4.88 Å². The van der Waals surface area contributed by atoms with E-state index >= 15 is 0 Å². The number of thiophene rings is 1. The normalized spacial score (nSPS) is 10.3. The first-order chi connectivity index (χ1) is 14.7. The highest BCUT2D eigenvalue weighted by molar-refractivity contribution is 7.12. The molecule has 0 atom stereocenters. The summed E-state index contributed by atoms with van der Waals surface area (Å²) in [5, 5.41) is 10.8. The number of benzene rings is 3. The highest BCUT2D eigenvalue weighted by Gasteiger charge is 2.10. The quantitative estimate of drug-likeness (QED) is 0.363. The molecule has 0 aliphatic heterocycles. The van der Waals surface area contributed by atoms with Gasteiger partial charge >= 0.3 is 0 Å². The van der Waals surface area contributed by atoms with Crippen LogP contribution in [0.1, 0.15) is 20.0 Å². The van der Waals surface area contributed by atoms with Crippen molar-refractivity contribution >= 4 is 45.9 Å². The zero-order valence-corrected chi connectivity index (χ0v) is 16.8. The Morgan fingerprint density at radius 3 is 2.00 bits per heavy atom. The zero-order valence-electron chi connectivity index (χ0n) is 16.0. The van der Waals surface area contributed by atoms with Gasteiger partial charge in [0.15, 0.2) is 0 Å². The minimum atomic E-state index is -0.244. The van der Waals surface area contributed by atoms with Crippen molar-refractivity contribution in [3.63, 3.8) is 0 Å². The van der Waals surface area contributed by atoms with E-state index in [0.29, 0.717) is 21.8 Å². The first-order valence-corrected chi connectivity index (χ1v) is 10.2. The minimum Gasteiger partial charge on any atom is -0.356 e. The Balaban J connectivity index is 1.39. The van der Waals surface area contributed by atoms with Crippen molar-refractivity contribution in [1.29, 1.82) is 0 Å². The van der Waals surface area contributed by atoms with Gasteiger partial charge in [-0.15, -0.1) is 11.3 Å². The third-order valence-corrected chi connectivity index (χ3v) is 5.20. The van der Waals surface area contributed by atoms with Crippen LogP contribution < -0.4 is 16.0 Å². The fourth-order valence-electron chi connectivity index (χ4n) is 2.87. The smallest absolute Gasteiger partial charge is 0.265 e. The number of nitrogens with one attached hydrogen (secondary N) is 3. The second kappa shape index (κ2) is 9.07. The summed E-state index contributed by atoms with van der Waals surface area (Å²) < 4.78 is 0. The molecule has 0 spiro atoms. The van der Waals surface area contributed by atoms with E-state index in [-0.39, 0.29) is 11.8 Å². The summed E-state index contributed by atoms with van der Waals surface area (Å²) in [6, 6.07) is 27.8. The van der Waals surface area contributed by atoms with Gasteiger partial charge in [-0.1, -0.05) is 30.3 Å². The van der Waals surface area contributed by atoms with Crippen LogP contribution in [0.2, 0.25) is 0 Å². The van der Waals surface area contributed by atoms with E-state index in [0.717, 1.165) is 11.4 Å². The number of hydrogen-bond acceptors (Lipinski definition) is 4. The van der Waals surface area contributed by atoms with Gasteiger partial charge in [-0.2, -0.15) is 0 Å². The third kappa shape index (κ3) is 4.92. The molecule has 1 aromatic heterocycles. The van der Waals surface area contributed by atoms with Gasteiger partial charge in [-0.3, -0.25) is 9.59 Å². The number of para-hydroxylation sites is 1. The van der Waals surface area contributed by atoms with Crippen LogP contribution in [-0.2, 0) is 0 Å². The summed E-state index contributed by atoms with van der Waals surface area (Å²) in [4.78, 5) is 25.4. The largest absolute Gasteiger partial charge is 0.356 e. The molecule has 3 aromatic carbocycles. The molecule has 0 unspecified atom stereocenters. The lowest BCUT2D eigenvalue weighted by Crippen LogP contribution is -2.14. The van der Waals surface area contributed by atoms with Gasteiger partial charge in [0, 0.05) is 28.3 Å². The number of carbonyl (C=O) groups excluding carboxylic acids is 2. The van der Waals surface area contributed by atoms with E-state index in [4.69, 9.17) is 0 Å². The molecule has 4 aromatic rings. The number of amides is 2. The average molecular weight is 414 g/mol. The van der Waals surface area contributed by atoms with E-state index in [1.54, 1.807) is 30.3 Å². The number of hydrogen-bond donors (Lipinski definition) is 3. The van der Waals surface area contributed by atoms with E-state index in [9.17, 15) is 9.59 Å². The Morgan fingerprint density at radius 1 is 0.600 bits per heavy atom. The number of carbonyl (C=O) groups is 2. The van der Waals surface area contributed by atoms with Gasteiger partial charge in [-0.05, 0) is 66.0 Å². The summed E-state index contributed by atoms with van der Waals surface area (Å²) >= 11 is 1.37. The first kappa shape index (κ1) is 19.4. The second-order valence-electron chi connectivity index (χ2n) is 6.53. The molecule has 0 radical (unpaired) electrons. The van der Waals surface area contributed by atoms with Crippen LogP contribution in [0.4, 0.5) is 22.7 Å².